The van der Waals surface area contributed by atoms with Crippen molar-refractivity contribution in [2.45, 2.75) is 26.0 Å². The first kappa shape index (κ1) is 12.9. The van der Waals surface area contributed by atoms with Gasteiger partial charge in [-0.1, -0.05) is 6.07 Å². The van der Waals surface area contributed by atoms with Crippen LogP contribution in [-0.2, 0) is 4.74 Å². The normalized spacial score (nSPS) is 14.6. The lowest BCUT2D eigenvalue weighted by Crippen LogP contribution is -2.20. The van der Waals surface area contributed by atoms with Crippen molar-refractivity contribution in [2.75, 3.05) is 13.7 Å². The number of rotatable bonds is 5. The zero-order valence-electron chi connectivity index (χ0n) is 9.87. The molecule has 0 aliphatic carbocycles. The quantitative estimate of drug-likeness (QED) is 0.839. The minimum atomic E-state index is -0.330. The molecule has 2 N–H and O–H groups in total. The van der Waals surface area contributed by atoms with E-state index in [1.54, 1.807) is 13.2 Å². The molecule has 0 saturated carbocycles. The van der Waals surface area contributed by atoms with Crippen molar-refractivity contribution >= 4 is 0 Å². The minimum absolute atomic E-state index is 0.135. The fraction of sp³-hybridized carbons (Fsp3) is 0.500. The van der Waals surface area contributed by atoms with E-state index in [1.165, 1.54) is 12.1 Å². The Labute approximate surface area is 95.4 Å². The molecule has 2 atom stereocenters. The molecular weight excluding hydrogens is 209 g/mol. The third-order valence-electron chi connectivity index (χ3n) is 2.20. The number of hydrogen-bond acceptors (Lipinski definition) is 3. The van der Waals surface area contributed by atoms with Gasteiger partial charge < -0.3 is 15.2 Å². The van der Waals surface area contributed by atoms with E-state index in [0.29, 0.717) is 12.4 Å². The highest BCUT2D eigenvalue weighted by molar-refractivity contribution is 5.36. The van der Waals surface area contributed by atoms with Gasteiger partial charge in [-0.05, 0) is 19.9 Å². The van der Waals surface area contributed by atoms with Gasteiger partial charge in [-0.2, -0.15) is 0 Å². The summed E-state index contributed by atoms with van der Waals surface area (Å²) in [6.45, 7) is 4.15. The molecule has 0 aromatic heterocycles. The average Bonchev–Trinajstić information content (AvgIpc) is 2.17. The maximum absolute atomic E-state index is 13.1. The maximum atomic E-state index is 13.1. The molecule has 90 valence electrons. The number of ether oxygens (including phenoxy) is 2. The average molecular weight is 227 g/mol. The topological polar surface area (TPSA) is 44.5 Å². The predicted octanol–water partition coefficient (Wildman–Crippen LogP) is 2.26. The Kier molecular flexibility index (Phi) is 4.71. The number of halogens is 1. The Morgan fingerprint density at radius 2 is 2.06 bits per heavy atom. The SMILES string of the molecule is COCC(C)Oc1cc(F)ccc1[C@H](C)N. The Balaban J connectivity index is 2.87. The van der Waals surface area contributed by atoms with Crippen molar-refractivity contribution in [1.29, 1.82) is 0 Å². The minimum Gasteiger partial charge on any atom is -0.488 e. The van der Waals surface area contributed by atoms with Crippen LogP contribution in [0.2, 0.25) is 0 Å². The van der Waals surface area contributed by atoms with Crippen LogP contribution < -0.4 is 10.5 Å². The van der Waals surface area contributed by atoms with Crippen molar-refractivity contribution < 1.29 is 13.9 Å². The lowest BCUT2D eigenvalue weighted by atomic mass is 10.1. The molecule has 0 radical (unpaired) electrons. The number of nitrogens with two attached hydrogens (primary N) is 1. The molecule has 0 saturated heterocycles. The Hall–Kier alpha value is -1.13. The summed E-state index contributed by atoms with van der Waals surface area (Å²) in [5.74, 6) is 0.156. The lowest BCUT2D eigenvalue weighted by Gasteiger charge is -2.18. The van der Waals surface area contributed by atoms with Crippen LogP contribution in [-0.4, -0.2) is 19.8 Å². The third-order valence-corrected chi connectivity index (χ3v) is 2.20. The van der Waals surface area contributed by atoms with E-state index in [9.17, 15) is 4.39 Å². The first-order chi connectivity index (χ1) is 7.54. The van der Waals surface area contributed by atoms with Gasteiger partial charge in [-0.3, -0.25) is 0 Å². The monoisotopic (exact) mass is 227 g/mol. The first-order valence-corrected chi connectivity index (χ1v) is 5.25. The summed E-state index contributed by atoms with van der Waals surface area (Å²) in [6, 6.07) is 4.19. The van der Waals surface area contributed by atoms with Crippen LogP contribution in [0.4, 0.5) is 4.39 Å². The van der Waals surface area contributed by atoms with Gasteiger partial charge in [0.15, 0.2) is 0 Å². The van der Waals surface area contributed by atoms with Crippen LogP contribution in [0.5, 0.6) is 5.75 Å². The molecule has 0 heterocycles. The van der Waals surface area contributed by atoms with Gasteiger partial charge in [0.2, 0.25) is 0 Å². The van der Waals surface area contributed by atoms with Crippen LogP contribution in [0.15, 0.2) is 18.2 Å². The molecule has 0 amide bonds. The molecule has 0 spiro atoms. The van der Waals surface area contributed by atoms with Gasteiger partial charge in [-0.15, -0.1) is 0 Å². The second kappa shape index (κ2) is 5.82. The zero-order valence-corrected chi connectivity index (χ0v) is 9.87. The van der Waals surface area contributed by atoms with E-state index in [-0.39, 0.29) is 18.0 Å². The molecule has 0 fully saturated rings. The summed E-state index contributed by atoms with van der Waals surface area (Å²) < 4.78 is 23.6. The van der Waals surface area contributed by atoms with E-state index in [1.807, 2.05) is 13.8 Å². The summed E-state index contributed by atoms with van der Waals surface area (Å²) in [6.07, 6.45) is -0.135. The molecule has 1 aromatic rings. The third kappa shape index (κ3) is 3.47. The van der Waals surface area contributed by atoms with Gasteiger partial charge in [0, 0.05) is 24.8 Å². The van der Waals surface area contributed by atoms with Crippen LogP contribution in [0.1, 0.15) is 25.5 Å². The highest BCUT2D eigenvalue weighted by Crippen LogP contribution is 2.25. The summed E-state index contributed by atoms with van der Waals surface area (Å²) in [5.41, 5.74) is 6.58. The van der Waals surface area contributed by atoms with Crippen molar-refractivity contribution in [3.8, 4) is 5.75 Å². The Morgan fingerprint density at radius 1 is 1.38 bits per heavy atom. The highest BCUT2D eigenvalue weighted by Gasteiger charge is 2.12. The molecule has 16 heavy (non-hydrogen) atoms. The van der Waals surface area contributed by atoms with E-state index in [0.717, 1.165) is 5.56 Å². The second-order valence-electron chi connectivity index (χ2n) is 3.85. The smallest absolute Gasteiger partial charge is 0.127 e. The molecule has 1 aromatic carbocycles. The maximum Gasteiger partial charge on any atom is 0.127 e. The van der Waals surface area contributed by atoms with Gasteiger partial charge in [0.25, 0.3) is 0 Å². The number of benzene rings is 1. The molecule has 1 rings (SSSR count). The van der Waals surface area contributed by atoms with Crippen LogP contribution >= 0.6 is 0 Å². The van der Waals surface area contributed by atoms with Gasteiger partial charge in [0.1, 0.15) is 17.7 Å². The van der Waals surface area contributed by atoms with Gasteiger partial charge in [0.05, 0.1) is 6.61 Å². The van der Waals surface area contributed by atoms with E-state index in [4.69, 9.17) is 15.2 Å². The van der Waals surface area contributed by atoms with E-state index in [2.05, 4.69) is 0 Å². The fourth-order valence-corrected chi connectivity index (χ4v) is 1.47. The van der Waals surface area contributed by atoms with Crippen molar-refractivity contribution in [3.63, 3.8) is 0 Å². The van der Waals surface area contributed by atoms with Crippen molar-refractivity contribution in [1.82, 2.24) is 0 Å². The van der Waals surface area contributed by atoms with Gasteiger partial charge >= 0.3 is 0 Å². The van der Waals surface area contributed by atoms with E-state index < -0.39 is 0 Å². The van der Waals surface area contributed by atoms with Crippen LogP contribution in [0.25, 0.3) is 0 Å². The molecule has 3 nitrogen and oxygen atoms in total. The standard InChI is InChI=1S/C12H18FNO2/c1-8(7-15-3)16-12-6-10(13)4-5-11(12)9(2)14/h4-6,8-9H,7,14H2,1-3H3/t8?,9-/m0/s1. The lowest BCUT2D eigenvalue weighted by molar-refractivity contribution is 0.0910. The summed E-state index contributed by atoms with van der Waals surface area (Å²) in [7, 11) is 1.60. The first-order valence-electron chi connectivity index (χ1n) is 5.25. The molecular formula is C12H18FNO2. The van der Waals surface area contributed by atoms with Crippen molar-refractivity contribution in [2.24, 2.45) is 5.73 Å². The molecule has 0 aliphatic heterocycles. The Morgan fingerprint density at radius 3 is 2.62 bits per heavy atom. The predicted molar refractivity (Wildman–Crippen MR) is 61.0 cm³/mol. The second-order valence-corrected chi connectivity index (χ2v) is 3.85. The highest BCUT2D eigenvalue weighted by atomic mass is 19.1. The Bertz CT molecular complexity index is 342. The molecule has 4 heteroatoms. The van der Waals surface area contributed by atoms with Crippen LogP contribution in [0, 0.1) is 5.82 Å². The number of methoxy groups -OCH3 is 1. The van der Waals surface area contributed by atoms with Gasteiger partial charge in [-0.25, -0.2) is 4.39 Å². The summed E-state index contributed by atoms with van der Waals surface area (Å²) in [5, 5.41) is 0. The summed E-state index contributed by atoms with van der Waals surface area (Å²) >= 11 is 0. The fourth-order valence-electron chi connectivity index (χ4n) is 1.47. The molecule has 1 unspecified atom stereocenters. The molecule has 0 bridgehead atoms. The summed E-state index contributed by atoms with van der Waals surface area (Å²) in [4.78, 5) is 0. The largest absolute Gasteiger partial charge is 0.488 e. The zero-order chi connectivity index (χ0) is 12.1. The van der Waals surface area contributed by atoms with E-state index >= 15 is 0 Å². The molecule has 0 aliphatic rings. The number of hydrogen-bond donors (Lipinski definition) is 1. The van der Waals surface area contributed by atoms with Crippen LogP contribution in [0.3, 0.4) is 0 Å². The van der Waals surface area contributed by atoms with Crippen molar-refractivity contribution in [3.05, 3.63) is 29.6 Å².